The molecule has 0 saturated carbocycles. The fourth-order valence-corrected chi connectivity index (χ4v) is 3.20. The molecule has 0 amide bonds. The number of rotatable bonds is 7. The van der Waals surface area contributed by atoms with Gasteiger partial charge >= 0.3 is 0 Å². The van der Waals surface area contributed by atoms with Crippen molar-refractivity contribution in [2.24, 2.45) is 17.6 Å². The molecule has 0 radical (unpaired) electrons. The van der Waals surface area contributed by atoms with Crippen LogP contribution in [0.25, 0.3) is 0 Å². The standard InChI is InChI=1S/C15H34N4/c1-13(2)10-15(12-16,11-14(3)4)17-19-8-6-18(5)7-9-19/h13-14,17H,6-12,16H2,1-5H3. The monoisotopic (exact) mass is 270 g/mol. The summed E-state index contributed by atoms with van der Waals surface area (Å²) in [7, 11) is 2.19. The molecule has 19 heavy (non-hydrogen) atoms. The van der Waals surface area contributed by atoms with Gasteiger partial charge in [0, 0.05) is 38.3 Å². The highest BCUT2D eigenvalue weighted by atomic mass is 15.5. The van der Waals surface area contributed by atoms with Gasteiger partial charge in [0.05, 0.1) is 0 Å². The van der Waals surface area contributed by atoms with E-state index in [2.05, 4.69) is 50.1 Å². The third-order valence-electron chi connectivity index (χ3n) is 3.89. The molecule has 0 aliphatic carbocycles. The molecule has 0 atom stereocenters. The molecule has 0 bridgehead atoms. The largest absolute Gasteiger partial charge is 0.329 e. The molecule has 4 nitrogen and oxygen atoms in total. The Hall–Kier alpha value is -0.160. The number of nitrogens with one attached hydrogen (secondary N) is 1. The molecule has 1 aliphatic heterocycles. The van der Waals surface area contributed by atoms with Crippen LogP contribution in [0.15, 0.2) is 0 Å². The summed E-state index contributed by atoms with van der Waals surface area (Å²) in [5.74, 6) is 1.34. The number of hydrogen-bond acceptors (Lipinski definition) is 4. The van der Waals surface area contributed by atoms with Gasteiger partial charge in [-0.2, -0.15) is 0 Å². The van der Waals surface area contributed by atoms with Gasteiger partial charge in [-0.15, -0.1) is 0 Å². The molecule has 0 aromatic carbocycles. The molecule has 0 spiro atoms. The molecule has 3 N–H and O–H groups in total. The lowest BCUT2D eigenvalue weighted by Crippen LogP contribution is -2.62. The second kappa shape index (κ2) is 7.58. The molecule has 4 heteroatoms. The van der Waals surface area contributed by atoms with Gasteiger partial charge in [-0.1, -0.05) is 27.7 Å². The van der Waals surface area contributed by atoms with Crippen LogP contribution >= 0.6 is 0 Å². The van der Waals surface area contributed by atoms with E-state index in [1.54, 1.807) is 0 Å². The summed E-state index contributed by atoms with van der Waals surface area (Å²) in [4.78, 5) is 2.38. The van der Waals surface area contributed by atoms with Gasteiger partial charge in [-0.3, -0.25) is 0 Å². The Bertz CT molecular complexity index is 235. The lowest BCUT2D eigenvalue weighted by Gasteiger charge is -2.43. The number of piperazine rings is 1. The van der Waals surface area contributed by atoms with Gasteiger partial charge < -0.3 is 10.6 Å². The molecule has 0 aromatic heterocycles. The van der Waals surface area contributed by atoms with Crippen molar-refractivity contribution in [2.75, 3.05) is 39.8 Å². The lowest BCUT2D eigenvalue weighted by atomic mass is 9.82. The van der Waals surface area contributed by atoms with E-state index < -0.39 is 0 Å². The minimum Gasteiger partial charge on any atom is -0.329 e. The maximum absolute atomic E-state index is 6.15. The molecular formula is C15H34N4. The van der Waals surface area contributed by atoms with Gasteiger partial charge in [-0.25, -0.2) is 10.4 Å². The molecule has 0 unspecified atom stereocenters. The van der Waals surface area contributed by atoms with Crippen LogP contribution in [0.2, 0.25) is 0 Å². The third kappa shape index (κ3) is 5.78. The van der Waals surface area contributed by atoms with Crippen molar-refractivity contribution < 1.29 is 0 Å². The Balaban J connectivity index is 2.66. The predicted molar refractivity (Wildman–Crippen MR) is 82.9 cm³/mol. The lowest BCUT2D eigenvalue weighted by molar-refractivity contribution is 0.0377. The van der Waals surface area contributed by atoms with E-state index in [1.807, 2.05) is 0 Å². The van der Waals surface area contributed by atoms with Crippen LogP contribution in [-0.4, -0.2) is 55.2 Å². The van der Waals surface area contributed by atoms with Gasteiger partial charge in [0.25, 0.3) is 0 Å². The van der Waals surface area contributed by atoms with Crippen LogP contribution in [0.4, 0.5) is 0 Å². The molecule has 114 valence electrons. The first-order valence-corrected chi connectivity index (χ1v) is 7.78. The topological polar surface area (TPSA) is 44.5 Å². The van der Waals surface area contributed by atoms with Crippen LogP contribution in [0.3, 0.4) is 0 Å². The summed E-state index contributed by atoms with van der Waals surface area (Å²) in [5.41, 5.74) is 10.0. The summed E-state index contributed by atoms with van der Waals surface area (Å²) in [6.45, 7) is 14.3. The molecule has 1 fully saturated rings. The van der Waals surface area contributed by atoms with Crippen LogP contribution in [-0.2, 0) is 0 Å². The second-order valence-electron chi connectivity index (χ2n) is 7.08. The van der Waals surface area contributed by atoms with E-state index in [1.165, 1.54) is 0 Å². The van der Waals surface area contributed by atoms with Gasteiger partial charge in [0.2, 0.25) is 0 Å². The van der Waals surface area contributed by atoms with Crippen molar-refractivity contribution in [2.45, 2.75) is 46.1 Å². The zero-order chi connectivity index (χ0) is 14.5. The number of hydrogen-bond donors (Lipinski definition) is 2. The molecule has 1 rings (SSSR count). The fraction of sp³-hybridized carbons (Fsp3) is 1.00. The Morgan fingerprint density at radius 1 is 1.00 bits per heavy atom. The summed E-state index contributed by atoms with van der Waals surface area (Å²) in [6, 6.07) is 0. The van der Waals surface area contributed by atoms with Crippen LogP contribution in [0, 0.1) is 11.8 Å². The van der Waals surface area contributed by atoms with E-state index in [0.717, 1.165) is 45.6 Å². The van der Waals surface area contributed by atoms with Crippen LogP contribution < -0.4 is 11.2 Å². The average molecular weight is 270 g/mol. The molecule has 1 heterocycles. The smallest absolute Gasteiger partial charge is 0.0453 e. The van der Waals surface area contributed by atoms with Gasteiger partial charge in [0.1, 0.15) is 0 Å². The zero-order valence-corrected chi connectivity index (χ0v) is 13.6. The van der Waals surface area contributed by atoms with Crippen LogP contribution in [0.5, 0.6) is 0 Å². The van der Waals surface area contributed by atoms with E-state index in [-0.39, 0.29) is 5.54 Å². The van der Waals surface area contributed by atoms with Crippen LogP contribution in [0.1, 0.15) is 40.5 Å². The number of hydrazine groups is 1. The Labute approximate surface area is 119 Å². The third-order valence-corrected chi connectivity index (χ3v) is 3.89. The Kier molecular flexibility index (Phi) is 6.74. The van der Waals surface area contributed by atoms with Crippen molar-refractivity contribution in [3.63, 3.8) is 0 Å². The molecule has 0 aromatic rings. The summed E-state index contributed by atoms with van der Waals surface area (Å²) in [5, 5.41) is 2.39. The minimum absolute atomic E-state index is 0.0677. The van der Waals surface area contributed by atoms with Gasteiger partial charge in [0.15, 0.2) is 0 Å². The summed E-state index contributed by atoms with van der Waals surface area (Å²) < 4.78 is 0. The Morgan fingerprint density at radius 2 is 1.47 bits per heavy atom. The summed E-state index contributed by atoms with van der Waals surface area (Å²) in [6.07, 6.45) is 2.29. The Morgan fingerprint density at radius 3 is 1.84 bits per heavy atom. The van der Waals surface area contributed by atoms with E-state index in [0.29, 0.717) is 11.8 Å². The predicted octanol–water partition coefficient (Wildman–Crippen LogP) is 1.53. The van der Waals surface area contributed by atoms with Crippen molar-refractivity contribution in [1.82, 2.24) is 15.3 Å². The van der Waals surface area contributed by atoms with Gasteiger partial charge in [-0.05, 0) is 31.7 Å². The summed E-state index contributed by atoms with van der Waals surface area (Å²) >= 11 is 0. The SMILES string of the molecule is CC(C)CC(CN)(CC(C)C)NN1CCN(C)CC1. The maximum atomic E-state index is 6.15. The first kappa shape index (κ1) is 16.9. The van der Waals surface area contributed by atoms with E-state index in [4.69, 9.17) is 5.73 Å². The average Bonchev–Trinajstić information content (AvgIpc) is 2.30. The molecular weight excluding hydrogens is 236 g/mol. The number of nitrogens with zero attached hydrogens (tertiary/aromatic N) is 2. The maximum Gasteiger partial charge on any atom is 0.0453 e. The highest BCUT2D eigenvalue weighted by Crippen LogP contribution is 2.25. The first-order chi connectivity index (χ1) is 8.87. The van der Waals surface area contributed by atoms with Crippen molar-refractivity contribution in [3.8, 4) is 0 Å². The molecule has 1 saturated heterocycles. The number of nitrogens with two attached hydrogens (primary N) is 1. The fourth-order valence-electron chi connectivity index (χ4n) is 3.20. The second-order valence-corrected chi connectivity index (χ2v) is 7.08. The van der Waals surface area contributed by atoms with E-state index in [9.17, 15) is 0 Å². The zero-order valence-electron chi connectivity index (χ0n) is 13.6. The van der Waals surface area contributed by atoms with Crippen molar-refractivity contribution in [1.29, 1.82) is 0 Å². The quantitative estimate of drug-likeness (QED) is 0.736. The highest BCUT2D eigenvalue weighted by Gasteiger charge is 2.32. The molecule has 1 aliphatic rings. The first-order valence-electron chi connectivity index (χ1n) is 7.78. The van der Waals surface area contributed by atoms with Crippen molar-refractivity contribution >= 4 is 0 Å². The highest BCUT2D eigenvalue weighted by molar-refractivity contribution is 4.90. The number of likely N-dealkylation sites (N-methyl/N-ethyl adjacent to an activating group) is 1. The normalized spacial score (nSPS) is 19.6. The van der Waals surface area contributed by atoms with Crippen molar-refractivity contribution in [3.05, 3.63) is 0 Å². The minimum atomic E-state index is 0.0677. The van der Waals surface area contributed by atoms with E-state index >= 15 is 0 Å².